The standard InChI is InChI=1S/C25H23N3O4/c1-31-22-8-7-16(11-19(22)28-25(30)21-12-17(29)14-27-21)23-13-20-24(32-23)18(9-10-26-20)15-5-3-2-4-6-15/h2-11,13,17,21,27,29H,12,14H2,1H3,(H,28,30)/t17-,21+/m1/s1. The lowest BCUT2D eigenvalue weighted by atomic mass is 10.1. The van der Waals surface area contributed by atoms with E-state index in [1.807, 2.05) is 54.6 Å². The first kappa shape index (κ1) is 20.2. The predicted octanol–water partition coefficient (Wildman–Crippen LogP) is 3.83. The van der Waals surface area contributed by atoms with Crippen molar-refractivity contribution in [2.45, 2.75) is 18.6 Å². The number of nitrogens with one attached hydrogen (secondary N) is 2. The van der Waals surface area contributed by atoms with Crippen molar-refractivity contribution in [2.75, 3.05) is 19.0 Å². The molecule has 0 saturated carbocycles. The fourth-order valence-corrected chi connectivity index (χ4v) is 4.02. The smallest absolute Gasteiger partial charge is 0.241 e. The largest absolute Gasteiger partial charge is 0.495 e. The monoisotopic (exact) mass is 429 g/mol. The average Bonchev–Trinajstić information content (AvgIpc) is 3.46. The molecule has 1 saturated heterocycles. The number of hydrogen-bond acceptors (Lipinski definition) is 6. The number of benzene rings is 2. The van der Waals surface area contributed by atoms with Gasteiger partial charge in [0.15, 0.2) is 5.58 Å². The lowest BCUT2D eigenvalue weighted by Gasteiger charge is -2.14. The van der Waals surface area contributed by atoms with Crippen LogP contribution in [0.1, 0.15) is 6.42 Å². The third-order valence-electron chi connectivity index (χ3n) is 5.66. The van der Waals surface area contributed by atoms with E-state index in [4.69, 9.17) is 9.15 Å². The van der Waals surface area contributed by atoms with Crippen LogP contribution in [0.5, 0.6) is 5.75 Å². The van der Waals surface area contributed by atoms with E-state index >= 15 is 0 Å². The normalized spacial score (nSPS) is 18.1. The zero-order chi connectivity index (χ0) is 22.1. The average molecular weight is 429 g/mol. The molecule has 0 spiro atoms. The van der Waals surface area contributed by atoms with E-state index in [0.29, 0.717) is 35.7 Å². The Labute approximate surface area is 185 Å². The number of furan rings is 1. The second-order valence-electron chi connectivity index (χ2n) is 7.80. The lowest BCUT2D eigenvalue weighted by molar-refractivity contribution is -0.117. The number of fused-ring (bicyclic) bond motifs is 1. The minimum atomic E-state index is -0.513. The number of pyridine rings is 1. The first-order chi connectivity index (χ1) is 15.6. The summed E-state index contributed by atoms with van der Waals surface area (Å²) in [4.78, 5) is 17.1. The summed E-state index contributed by atoms with van der Waals surface area (Å²) in [6.07, 6.45) is 1.64. The van der Waals surface area contributed by atoms with E-state index in [-0.39, 0.29) is 5.91 Å². The van der Waals surface area contributed by atoms with Crippen LogP contribution in [0, 0.1) is 0 Å². The quantitative estimate of drug-likeness (QED) is 0.446. The molecule has 7 nitrogen and oxygen atoms in total. The van der Waals surface area contributed by atoms with Gasteiger partial charge in [-0.05, 0) is 36.2 Å². The fourth-order valence-electron chi connectivity index (χ4n) is 4.02. The number of nitrogens with zero attached hydrogens (tertiary/aromatic N) is 1. The minimum Gasteiger partial charge on any atom is -0.495 e. The van der Waals surface area contributed by atoms with Crippen molar-refractivity contribution >= 4 is 22.7 Å². The fraction of sp³-hybridized carbons (Fsp3) is 0.200. The number of β-amino-alcohol motifs (C(OH)–C–C–N with tert-alkyl or cyclic N) is 1. The van der Waals surface area contributed by atoms with E-state index in [0.717, 1.165) is 22.2 Å². The van der Waals surface area contributed by atoms with Crippen LogP contribution >= 0.6 is 0 Å². The molecule has 1 fully saturated rings. The number of ether oxygens (including phenoxy) is 1. The zero-order valence-corrected chi connectivity index (χ0v) is 17.5. The van der Waals surface area contributed by atoms with Gasteiger partial charge in [0.1, 0.15) is 17.0 Å². The number of rotatable bonds is 5. The van der Waals surface area contributed by atoms with Crippen LogP contribution in [0.25, 0.3) is 33.6 Å². The number of hydrogen-bond donors (Lipinski definition) is 3. The highest BCUT2D eigenvalue weighted by Crippen LogP contribution is 2.36. The molecule has 1 amide bonds. The van der Waals surface area contributed by atoms with Crippen molar-refractivity contribution in [2.24, 2.45) is 0 Å². The maximum Gasteiger partial charge on any atom is 0.241 e. The van der Waals surface area contributed by atoms with Crippen molar-refractivity contribution in [1.29, 1.82) is 0 Å². The molecule has 1 aliphatic rings. The first-order valence-electron chi connectivity index (χ1n) is 10.5. The Morgan fingerprint density at radius 1 is 1.16 bits per heavy atom. The van der Waals surface area contributed by atoms with Crippen molar-refractivity contribution in [1.82, 2.24) is 10.3 Å². The molecule has 0 unspecified atom stereocenters. The van der Waals surface area contributed by atoms with Crippen molar-refractivity contribution in [3.05, 3.63) is 66.9 Å². The molecule has 2 aromatic carbocycles. The topological polar surface area (TPSA) is 96.6 Å². The van der Waals surface area contributed by atoms with Gasteiger partial charge in [-0.1, -0.05) is 30.3 Å². The molecule has 32 heavy (non-hydrogen) atoms. The summed E-state index contributed by atoms with van der Waals surface area (Å²) < 4.78 is 11.7. The Balaban J connectivity index is 1.50. The lowest BCUT2D eigenvalue weighted by Crippen LogP contribution is -2.35. The van der Waals surface area contributed by atoms with Gasteiger partial charge in [-0.2, -0.15) is 0 Å². The van der Waals surface area contributed by atoms with Gasteiger partial charge in [-0.25, -0.2) is 0 Å². The van der Waals surface area contributed by atoms with Crippen molar-refractivity contribution in [3.63, 3.8) is 0 Å². The maximum absolute atomic E-state index is 12.6. The predicted molar refractivity (Wildman–Crippen MR) is 122 cm³/mol. The Kier molecular flexibility index (Phi) is 5.34. The van der Waals surface area contributed by atoms with Gasteiger partial charge in [0, 0.05) is 29.9 Å². The molecule has 0 aliphatic carbocycles. The second-order valence-corrected chi connectivity index (χ2v) is 7.80. The van der Waals surface area contributed by atoms with Crippen LogP contribution in [0.3, 0.4) is 0 Å². The summed E-state index contributed by atoms with van der Waals surface area (Å²) in [6.45, 7) is 0.408. The highest BCUT2D eigenvalue weighted by Gasteiger charge is 2.28. The molecule has 0 radical (unpaired) electrons. The second kappa shape index (κ2) is 8.45. The van der Waals surface area contributed by atoms with Gasteiger partial charge in [0.2, 0.25) is 5.91 Å². The molecular weight excluding hydrogens is 406 g/mol. The molecule has 1 aliphatic heterocycles. The third-order valence-corrected chi connectivity index (χ3v) is 5.66. The van der Waals surface area contributed by atoms with Crippen LogP contribution in [0.2, 0.25) is 0 Å². The Morgan fingerprint density at radius 2 is 2.00 bits per heavy atom. The molecule has 0 bridgehead atoms. The Bertz CT molecular complexity index is 1270. The maximum atomic E-state index is 12.6. The number of aliphatic hydroxyl groups is 1. The van der Waals surface area contributed by atoms with Gasteiger partial charge in [-0.3, -0.25) is 9.78 Å². The number of methoxy groups -OCH3 is 1. The number of carbonyl (C=O) groups excluding carboxylic acids is 1. The molecule has 2 aromatic heterocycles. The SMILES string of the molecule is COc1ccc(-c2cc3nccc(-c4ccccc4)c3o2)cc1NC(=O)[C@@H]1C[C@@H](O)CN1. The molecule has 3 N–H and O–H groups in total. The summed E-state index contributed by atoms with van der Waals surface area (Å²) >= 11 is 0. The van der Waals surface area contributed by atoms with Gasteiger partial charge >= 0.3 is 0 Å². The molecule has 7 heteroatoms. The number of amides is 1. The third kappa shape index (κ3) is 3.84. The van der Waals surface area contributed by atoms with Crippen molar-refractivity contribution < 1.29 is 19.1 Å². The number of anilines is 1. The minimum absolute atomic E-state index is 0.213. The van der Waals surface area contributed by atoms with Crippen LogP contribution in [0.4, 0.5) is 5.69 Å². The summed E-state index contributed by atoms with van der Waals surface area (Å²) in [5.41, 5.74) is 4.81. The number of aliphatic hydroxyl groups excluding tert-OH is 1. The number of carbonyl (C=O) groups is 1. The highest BCUT2D eigenvalue weighted by atomic mass is 16.5. The molecule has 3 heterocycles. The summed E-state index contributed by atoms with van der Waals surface area (Å²) in [5.74, 6) is 0.970. The highest BCUT2D eigenvalue weighted by molar-refractivity contribution is 5.97. The van der Waals surface area contributed by atoms with Gasteiger partial charge in [0.05, 0.1) is 24.9 Å². The van der Waals surface area contributed by atoms with Crippen LogP contribution in [0.15, 0.2) is 71.3 Å². The van der Waals surface area contributed by atoms with Crippen molar-refractivity contribution in [3.8, 4) is 28.2 Å². The molecule has 4 aromatic rings. The van der Waals surface area contributed by atoms with E-state index in [9.17, 15) is 9.90 Å². The summed E-state index contributed by atoms with van der Waals surface area (Å²) in [5, 5.41) is 15.6. The molecule has 5 rings (SSSR count). The van der Waals surface area contributed by atoms with Crippen LogP contribution in [-0.4, -0.2) is 41.8 Å². The van der Waals surface area contributed by atoms with Crippen LogP contribution < -0.4 is 15.4 Å². The zero-order valence-electron chi connectivity index (χ0n) is 17.5. The van der Waals surface area contributed by atoms with Crippen LogP contribution in [-0.2, 0) is 4.79 Å². The van der Waals surface area contributed by atoms with Gasteiger partial charge in [0.25, 0.3) is 0 Å². The Morgan fingerprint density at radius 3 is 2.75 bits per heavy atom. The van der Waals surface area contributed by atoms with E-state index < -0.39 is 12.1 Å². The first-order valence-corrected chi connectivity index (χ1v) is 10.5. The Hall–Kier alpha value is -3.68. The van der Waals surface area contributed by atoms with E-state index in [2.05, 4.69) is 15.6 Å². The van der Waals surface area contributed by atoms with E-state index in [1.165, 1.54) is 0 Å². The summed E-state index contributed by atoms with van der Waals surface area (Å²) in [7, 11) is 1.56. The number of aromatic nitrogens is 1. The van der Waals surface area contributed by atoms with Gasteiger partial charge < -0.3 is 24.9 Å². The molecule has 2 atom stereocenters. The molecule has 162 valence electrons. The summed E-state index contributed by atoms with van der Waals surface area (Å²) in [6, 6.07) is 18.9. The van der Waals surface area contributed by atoms with Gasteiger partial charge in [-0.15, -0.1) is 0 Å². The van der Waals surface area contributed by atoms with E-state index in [1.54, 1.807) is 19.4 Å². The molecular formula is C25H23N3O4.